The average molecular weight is 249 g/mol. The summed E-state index contributed by atoms with van der Waals surface area (Å²) in [7, 11) is 0. The maximum atomic E-state index is 12.9. The molecule has 0 bridgehead atoms. The summed E-state index contributed by atoms with van der Waals surface area (Å²) >= 11 is 3.13. The normalized spacial score (nSPS) is 10.4. The molecule has 0 aliphatic carbocycles. The number of phenols is 1. The molecule has 0 amide bonds. The molecule has 1 aromatic rings. The van der Waals surface area contributed by atoms with Gasteiger partial charge in [-0.05, 0) is 30.5 Å². The van der Waals surface area contributed by atoms with Crippen molar-refractivity contribution in [3.63, 3.8) is 0 Å². The smallest absolute Gasteiger partial charge is 0.166 e. The minimum atomic E-state index is -0.637. The van der Waals surface area contributed by atoms with Crippen LogP contribution in [0.25, 0.3) is 0 Å². The van der Waals surface area contributed by atoms with Crippen LogP contribution in [-0.4, -0.2) is 16.8 Å². The maximum absolute atomic E-state index is 12.9. The molecule has 0 unspecified atom stereocenters. The lowest BCUT2D eigenvalue weighted by Gasteiger charge is -2.04. The monoisotopic (exact) mass is 248 g/mol. The number of aliphatic hydroxyl groups excluding tert-OH is 1. The molecule has 2 N–H and O–H groups in total. The largest absolute Gasteiger partial charge is 0.505 e. The van der Waals surface area contributed by atoms with Gasteiger partial charge in [0, 0.05) is 11.1 Å². The van der Waals surface area contributed by atoms with E-state index in [1.807, 2.05) is 0 Å². The highest BCUT2D eigenvalue weighted by Crippen LogP contribution is 2.26. The maximum Gasteiger partial charge on any atom is 0.166 e. The molecule has 0 heterocycles. The Balaban J connectivity index is 2.92. The first kappa shape index (κ1) is 10.5. The molecule has 4 heteroatoms. The van der Waals surface area contributed by atoms with Gasteiger partial charge in [0.2, 0.25) is 0 Å². The lowest BCUT2D eigenvalue weighted by Crippen LogP contribution is -1.92. The van der Waals surface area contributed by atoms with E-state index >= 15 is 0 Å². The Kier molecular flexibility index (Phi) is 3.69. The molecule has 0 radical (unpaired) electrons. The minimum Gasteiger partial charge on any atom is -0.505 e. The third-order valence-corrected chi connectivity index (χ3v) is 2.17. The van der Waals surface area contributed by atoms with Gasteiger partial charge >= 0.3 is 0 Å². The van der Waals surface area contributed by atoms with Crippen molar-refractivity contribution in [1.82, 2.24) is 0 Å². The Bertz CT molecular complexity index is 302. The number of phenolic OH excluding ortho intramolecular Hbond substituents is 1. The van der Waals surface area contributed by atoms with Crippen LogP contribution < -0.4 is 0 Å². The van der Waals surface area contributed by atoms with E-state index < -0.39 is 5.82 Å². The predicted molar refractivity (Wildman–Crippen MR) is 51.2 cm³/mol. The van der Waals surface area contributed by atoms with Crippen molar-refractivity contribution in [3.05, 3.63) is 28.0 Å². The Hall–Kier alpha value is -0.610. The number of hydrogen-bond acceptors (Lipinski definition) is 2. The number of aromatic hydroxyl groups is 1. The molecular formula is C9H10BrFO2. The van der Waals surface area contributed by atoms with Crippen LogP contribution in [-0.2, 0) is 6.42 Å². The van der Waals surface area contributed by atoms with Crippen LogP contribution >= 0.6 is 15.9 Å². The summed E-state index contributed by atoms with van der Waals surface area (Å²) in [5, 5.41) is 17.8. The minimum absolute atomic E-state index is 0.0353. The van der Waals surface area contributed by atoms with E-state index in [-0.39, 0.29) is 12.4 Å². The third kappa shape index (κ3) is 2.67. The van der Waals surface area contributed by atoms with Gasteiger partial charge in [-0.3, -0.25) is 0 Å². The molecule has 2 nitrogen and oxygen atoms in total. The van der Waals surface area contributed by atoms with E-state index in [1.165, 1.54) is 6.07 Å². The van der Waals surface area contributed by atoms with Gasteiger partial charge in [-0.25, -0.2) is 4.39 Å². The number of halogens is 2. The van der Waals surface area contributed by atoms with E-state index in [1.54, 1.807) is 6.07 Å². The van der Waals surface area contributed by atoms with Crippen molar-refractivity contribution in [2.24, 2.45) is 0 Å². The SMILES string of the molecule is OCCCc1cc(Br)cc(F)c1O. The lowest BCUT2D eigenvalue weighted by molar-refractivity contribution is 0.287. The molecular weight excluding hydrogens is 239 g/mol. The topological polar surface area (TPSA) is 40.5 Å². The first-order chi connectivity index (χ1) is 6.15. The number of aliphatic hydroxyl groups is 1. The molecule has 1 aromatic carbocycles. The van der Waals surface area contributed by atoms with Crippen molar-refractivity contribution in [2.45, 2.75) is 12.8 Å². The van der Waals surface area contributed by atoms with Crippen LogP contribution in [0.3, 0.4) is 0 Å². The van der Waals surface area contributed by atoms with Crippen LogP contribution in [0.5, 0.6) is 5.75 Å². The van der Waals surface area contributed by atoms with Crippen molar-refractivity contribution < 1.29 is 14.6 Å². The summed E-state index contributed by atoms with van der Waals surface area (Å²) in [4.78, 5) is 0. The van der Waals surface area contributed by atoms with Crippen molar-refractivity contribution in [1.29, 1.82) is 0 Å². The summed E-state index contributed by atoms with van der Waals surface area (Å²) < 4.78 is 13.5. The second-order valence-electron chi connectivity index (χ2n) is 2.72. The molecule has 0 saturated carbocycles. The zero-order valence-corrected chi connectivity index (χ0v) is 8.51. The number of hydrogen-bond donors (Lipinski definition) is 2. The number of rotatable bonds is 3. The van der Waals surface area contributed by atoms with E-state index in [4.69, 9.17) is 5.11 Å². The van der Waals surface area contributed by atoms with Crippen LogP contribution in [0.15, 0.2) is 16.6 Å². The van der Waals surface area contributed by atoms with Crippen molar-refractivity contribution >= 4 is 15.9 Å². The molecule has 0 aliphatic heterocycles. The number of benzene rings is 1. The Morgan fingerprint density at radius 2 is 2.08 bits per heavy atom. The average Bonchev–Trinajstić information content (AvgIpc) is 2.09. The highest BCUT2D eigenvalue weighted by Gasteiger charge is 2.08. The third-order valence-electron chi connectivity index (χ3n) is 1.71. The molecule has 0 aliphatic rings. The van der Waals surface area contributed by atoms with Crippen molar-refractivity contribution in [3.8, 4) is 5.75 Å². The molecule has 72 valence electrons. The van der Waals surface area contributed by atoms with Gasteiger partial charge < -0.3 is 10.2 Å². The Morgan fingerprint density at radius 1 is 1.38 bits per heavy atom. The second-order valence-corrected chi connectivity index (χ2v) is 3.64. The molecule has 0 spiro atoms. The van der Waals surface area contributed by atoms with Crippen LogP contribution in [0.2, 0.25) is 0 Å². The van der Waals surface area contributed by atoms with E-state index in [0.717, 1.165) is 0 Å². The standard InChI is InChI=1S/C9H10BrFO2/c10-7-4-6(2-1-3-12)9(13)8(11)5-7/h4-5,12-13H,1-3H2. The van der Waals surface area contributed by atoms with E-state index in [2.05, 4.69) is 15.9 Å². The van der Waals surface area contributed by atoms with Crippen LogP contribution in [0.4, 0.5) is 4.39 Å². The molecule has 0 aromatic heterocycles. The fourth-order valence-electron chi connectivity index (χ4n) is 1.08. The quantitative estimate of drug-likeness (QED) is 0.862. The molecule has 0 saturated heterocycles. The van der Waals surface area contributed by atoms with Gasteiger partial charge in [0.25, 0.3) is 0 Å². The fraction of sp³-hybridized carbons (Fsp3) is 0.333. The zero-order valence-electron chi connectivity index (χ0n) is 6.93. The summed E-state index contributed by atoms with van der Waals surface area (Å²) in [6, 6.07) is 2.85. The van der Waals surface area contributed by atoms with Gasteiger partial charge in [-0.1, -0.05) is 15.9 Å². The first-order valence-electron chi connectivity index (χ1n) is 3.93. The summed E-state index contributed by atoms with van der Waals surface area (Å²) in [6.45, 7) is 0.0353. The Morgan fingerprint density at radius 3 is 2.69 bits per heavy atom. The van der Waals surface area contributed by atoms with Gasteiger partial charge in [-0.15, -0.1) is 0 Å². The zero-order chi connectivity index (χ0) is 9.84. The molecule has 13 heavy (non-hydrogen) atoms. The fourth-order valence-corrected chi connectivity index (χ4v) is 1.56. The second kappa shape index (κ2) is 4.58. The van der Waals surface area contributed by atoms with Gasteiger partial charge in [-0.2, -0.15) is 0 Å². The summed E-state index contributed by atoms with van der Waals surface area (Å²) in [6.07, 6.45) is 0.988. The molecule has 0 atom stereocenters. The highest BCUT2D eigenvalue weighted by molar-refractivity contribution is 9.10. The highest BCUT2D eigenvalue weighted by atomic mass is 79.9. The predicted octanol–water partition coefficient (Wildman–Crippen LogP) is 2.22. The molecule has 0 fully saturated rings. The Labute approximate surface area is 84.1 Å². The van der Waals surface area contributed by atoms with Crippen molar-refractivity contribution in [2.75, 3.05) is 6.61 Å². The van der Waals surface area contributed by atoms with E-state index in [9.17, 15) is 9.50 Å². The van der Waals surface area contributed by atoms with Gasteiger partial charge in [0.1, 0.15) is 0 Å². The van der Waals surface area contributed by atoms with Gasteiger partial charge in [0.05, 0.1) is 0 Å². The van der Waals surface area contributed by atoms with Gasteiger partial charge in [0.15, 0.2) is 11.6 Å². The first-order valence-corrected chi connectivity index (χ1v) is 4.72. The number of aryl methyl sites for hydroxylation is 1. The lowest BCUT2D eigenvalue weighted by atomic mass is 10.1. The van der Waals surface area contributed by atoms with Crippen LogP contribution in [0.1, 0.15) is 12.0 Å². The summed E-state index contributed by atoms with van der Waals surface area (Å²) in [5.41, 5.74) is 0.515. The molecule has 1 rings (SSSR count). The van der Waals surface area contributed by atoms with Crippen LogP contribution in [0, 0.1) is 5.82 Å². The van der Waals surface area contributed by atoms with E-state index in [0.29, 0.717) is 22.9 Å². The summed E-state index contributed by atoms with van der Waals surface area (Å²) in [5.74, 6) is -0.959.